The molecule has 2 aliphatic carbocycles. The first-order valence-corrected chi connectivity index (χ1v) is 16.9. The first-order chi connectivity index (χ1) is 21.8. The maximum atomic E-state index is 14.5. The van der Waals surface area contributed by atoms with E-state index < -0.39 is 41.6 Å². The van der Waals surface area contributed by atoms with Gasteiger partial charge in [0.05, 0.1) is 25.0 Å². The lowest BCUT2D eigenvalue weighted by molar-refractivity contribution is -0.154. The van der Waals surface area contributed by atoms with Crippen LogP contribution in [-0.4, -0.2) is 78.6 Å². The Hall–Kier alpha value is -3.50. The molecule has 0 radical (unpaired) electrons. The van der Waals surface area contributed by atoms with Gasteiger partial charge in [0.15, 0.2) is 0 Å². The number of piperidine rings is 1. The maximum Gasteiger partial charge on any atom is 0.306 e. The Bertz CT molecular complexity index is 1180. The third kappa shape index (κ3) is 8.85. The minimum absolute atomic E-state index is 0.0840. The van der Waals surface area contributed by atoms with Crippen molar-refractivity contribution in [1.29, 1.82) is 0 Å². The van der Waals surface area contributed by atoms with Gasteiger partial charge in [0.2, 0.25) is 23.5 Å². The molecular weight excluding hydrogens is 588 g/mol. The fraction of sp³-hybridized carbons (Fsp3) is 0.714. The molecule has 3 aliphatic rings. The number of nitrogens with one attached hydrogen (secondary N) is 3. The van der Waals surface area contributed by atoms with Crippen molar-refractivity contribution in [1.82, 2.24) is 20.9 Å². The Morgan fingerprint density at radius 3 is 2.30 bits per heavy atom. The van der Waals surface area contributed by atoms with Gasteiger partial charge in [0.1, 0.15) is 6.04 Å². The average molecular weight is 643 g/mol. The van der Waals surface area contributed by atoms with Crippen LogP contribution in [0, 0.1) is 40.9 Å². The lowest BCUT2D eigenvalue weighted by Crippen LogP contribution is -2.56. The zero-order valence-corrected chi connectivity index (χ0v) is 28.3. The lowest BCUT2D eigenvalue weighted by atomic mass is 9.73. The number of nitrogens with zero attached hydrogens (tertiary/aromatic N) is 1. The number of amides is 4. The standard InChI is InChI=1S/C35H54N4O7/c1-8-12-26(30(41)33(44)37-16-10-3)38-32(43)29-28-25(35(28,6)7)19-39(29)34(45)24(18-27(40)46-20-21(4)5)22-13-11-14-23(17-22)31(42)36-15-9-2/h9-10,21-26,28-29H,2-3,8,11-20H2,1,4-7H3,(H,36,42)(H,37,44)(H,38,43). The number of rotatable bonds is 17. The summed E-state index contributed by atoms with van der Waals surface area (Å²) >= 11 is 0. The van der Waals surface area contributed by atoms with Crippen molar-refractivity contribution in [3.8, 4) is 0 Å². The van der Waals surface area contributed by atoms with Crippen LogP contribution < -0.4 is 16.0 Å². The van der Waals surface area contributed by atoms with E-state index in [1.807, 2.05) is 20.8 Å². The molecular formula is C35H54N4O7. The van der Waals surface area contributed by atoms with Crippen LogP contribution in [0.5, 0.6) is 0 Å². The van der Waals surface area contributed by atoms with Crippen molar-refractivity contribution in [3.63, 3.8) is 0 Å². The highest BCUT2D eigenvalue weighted by Crippen LogP contribution is 2.65. The van der Waals surface area contributed by atoms with Gasteiger partial charge < -0.3 is 25.6 Å². The highest BCUT2D eigenvalue weighted by molar-refractivity contribution is 6.38. The molecule has 0 bridgehead atoms. The quantitative estimate of drug-likeness (QED) is 0.125. The van der Waals surface area contributed by atoms with E-state index in [-0.39, 0.29) is 72.8 Å². The molecule has 256 valence electrons. The van der Waals surface area contributed by atoms with Gasteiger partial charge in [-0.25, -0.2) is 0 Å². The number of carbonyl (C=O) groups excluding carboxylic acids is 6. The van der Waals surface area contributed by atoms with Crippen molar-refractivity contribution in [3.05, 3.63) is 25.3 Å². The second-order valence-electron chi connectivity index (χ2n) is 14.1. The van der Waals surface area contributed by atoms with Crippen LogP contribution in [0.2, 0.25) is 0 Å². The highest BCUT2D eigenvalue weighted by atomic mass is 16.5. The number of hydrogen-bond donors (Lipinski definition) is 3. The number of esters is 1. The molecule has 2 saturated carbocycles. The number of ether oxygens (including phenoxy) is 1. The summed E-state index contributed by atoms with van der Waals surface area (Å²) in [6, 6.07) is -1.88. The molecule has 7 unspecified atom stereocenters. The maximum absolute atomic E-state index is 14.5. The number of hydrogen-bond acceptors (Lipinski definition) is 7. The second kappa shape index (κ2) is 16.4. The average Bonchev–Trinajstić information content (AvgIpc) is 3.34. The van der Waals surface area contributed by atoms with Crippen LogP contribution in [0.15, 0.2) is 25.3 Å². The van der Waals surface area contributed by atoms with Gasteiger partial charge >= 0.3 is 5.97 Å². The molecule has 1 aliphatic heterocycles. The highest BCUT2D eigenvalue weighted by Gasteiger charge is 2.69. The minimum atomic E-state index is -1.03. The fourth-order valence-corrected chi connectivity index (χ4v) is 7.35. The van der Waals surface area contributed by atoms with Crippen molar-refractivity contribution >= 4 is 35.4 Å². The summed E-state index contributed by atoms with van der Waals surface area (Å²) in [4.78, 5) is 81.5. The van der Waals surface area contributed by atoms with E-state index in [1.165, 1.54) is 6.08 Å². The van der Waals surface area contributed by atoms with Gasteiger partial charge in [0.25, 0.3) is 5.91 Å². The normalized spacial score (nSPS) is 25.8. The van der Waals surface area contributed by atoms with Crippen molar-refractivity contribution in [2.24, 2.45) is 40.9 Å². The molecule has 3 N–H and O–H groups in total. The van der Waals surface area contributed by atoms with E-state index in [1.54, 1.807) is 11.0 Å². The first kappa shape index (κ1) is 37.0. The summed E-state index contributed by atoms with van der Waals surface area (Å²) in [5.74, 6) is -4.10. The van der Waals surface area contributed by atoms with Gasteiger partial charge in [-0.1, -0.05) is 59.6 Å². The molecule has 0 aromatic rings. The zero-order chi connectivity index (χ0) is 34.2. The van der Waals surface area contributed by atoms with Crippen molar-refractivity contribution in [2.45, 2.75) is 91.6 Å². The summed E-state index contributed by atoms with van der Waals surface area (Å²) in [6.45, 7) is 18.1. The predicted octanol–water partition coefficient (Wildman–Crippen LogP) is 2.94. The summed E-state index contributed by atoms with van der Waals surface area (Å²) in [6.07, 6.45) is 6.33. The third-order valence-electron chi connectivity index (χ3n) is 9.96. The summed E-state index contributed by atoms with van der Waals surface area (Å²) in [7, 11) is 0. The Morgan fingerprint density at radius 1 is 1.00 bits per heavy atom. The Balaban J connectivity index is 1.87. The molecule has 0 aromatic heterocycles. The molecule has 3 rings (SSSR count). The largest absolute Gasteiger partial charge is 0.465 e. The number of Topliss-reactive ketones (excluding diaryl/α,β-unsaturated/α-hetero) is 1. The second-order valence-corrected chi connectivity index (χ2v) is 14.1. The summed E-state index contributed by atoms with van der Waals surface area (Å²) < 4.78 is 5.50. The molecule has 4 amide bonds. The van der Waals surface area contributed by atoms with E-state index in [9.17, 15) is 28.8 Å². The molecule has 11 heteroatoms. The third-order valence-corrected chi connectivity index (χ3v) is 9.96. The number of ketones is 1. The molecule has 46 heavy (non-hydrogen) atoms. The summed E-state index contributed by atoms with van der Waals surface area (Å²) in [5.41, 5.74) is -0.185. The Kier molecular flexibility index (Phi) is 13.1. The van der Waals surface area contributed by atoms with E-state index in [0.29, 0.717) is 38.8 Å². The van der Waals surface area contributed by atoms with Gasteiger partial charge in [0, 0.05) is 25.6 Å². The predicted molar refractivity (Wildman–Crippen MR) is 174 cm³/mol. The molecule has 0 spiro atoms. The van der Waals surface area contributed by atoms with Crippen LogP contribution in [0.25, 0.3) is 0 Å². The number of fused-ring (bicyclic) bond motifs is 1. The summed E-state index contributed by atoms with van der Waals surface area (Å²) in [5, 5.41) is 8.15. The van der Waals surface area contributed by atoms with Crippen molar-refractivity contribution in [2.75, 3.05) is 26.2 Å². The van der Waals surface area contributed by atoms with Crippen LogP contribution in [0.1, 0.15) is 79.6 Å². The molecule has 3 fully saturated rings. The van der Waals surface area contributed by atoms with E-state index in [2.05, 4.69) is 43.0 Å². The molecule has 0 aromatic carbocycles. The van der Waals surface area contributed by atoms with Crippen molar-refractivity contribution < 1.29 is 33.5 Å². The smallest absolute Gasteiger partial charge is 0.306 e. The number of carbonyl (C=O) groups is 6. The zero-order valence-electron chi connectivity index (χ0n) is 28.3. The van der Waals surface area contributed by atoms with Crippen LogP contribution >= 0.6 is 0 Å². The van der Waals surface area contributed by atoms with Crippen LogP contribution in [0.4, 0.5) is 0 Å². The van der Waals surface area contributed by atoms with E-state index in [4.69, 9.17) is 4.74 Å². The number of likely N-dealkylation sites (tertiary alicyclic amines) is 1. The van der Waals surface area contributed by atoms with Gasteiger partial charge in [-0.3, -0.25) is 28.8 Å². The monoisotopic (exact) mass is 642 g/mol. The van der Waals surface area contributed by atoms with E-state index >= 15 is 0 Å². The van der Waals surface area contributed by atoms with Gasteiger partial charge in [-0.05, 0) is 54.8 Å². The Labute approximate surface area is 273 Å². The van der Waals surface area contributed by atoms with Gasteiger partial charge in [-0.2, -0.15) is 0 Å². The molecule has 11 nitrogen and oxygen atoms in total. The van der Waals surface area contributed by atoms with Gasteiger partial charge in [-0.15, -0.1) is 13.2 Å². The molecule has 1 heterocycles. The molecule has 1 saturated heterocycles. The molecule has 7 atom stereocenters. The minimum Gasteiger partial charge on any atom is -0.465 e. The van der Waals surface area contributed by atoms with Crippen LogP contribution in [0.3, 0.4) is 0 Å². The van der Waals surface area contributed by atoms with E-state index in [0.717, 1.165) is 6.42 Å². The first-order valence-electron chi connectivity index (χ1n) is 16.9. The Morgan fingerprint density at radius 2 is 1.67 bits per heavy atom. The topological polar surface area (TPSA) is 151 Å². The van der Waals surface area contributed by atoms with Crippen LogP contribution in [-0.2, 0) is 33.5 Å². The SMILES string of the molecule is C=CCNC(=O)C(=O)C(CCC)NC(=O)C1C2C(CN1C(=O)C(CC(=O)OCC(C)C)C1CCCC(C(=O)NCC=C)C1)C2(C)C. The fourth-order valence-electron chi connectivity index (χ4n) is 7.35. The lowest BCUT2D eigenvalue weighted by Gasteiger charge is -2.38.